The van der Waals surface area contributed by atoms with E-state index >= 15 is 0 Å². The minimum atomic E-state index is 0.106. The molecule has 4 heteroatoms. The van der Waals surface area contributed by atoms with Gasteiger partial charge in [0.25, 0.3) is 0 Å². The molecule has 1 N–H and O–H groups in total. The van der Waals surface area contributed by atoms with Gasteiger partial charge in [-0.15, -0.1) is 11.3 Å². The first-order valence-electron chi connectivity index (χ1n) is 6.28. The highest BCUT2D eigenvalue weighted by Gasteiger charge is 2.20. The molecule has 1 atom stereocenters. The molecule has 19 heavy (non-hydrogen) atoms. The molecule has 0 bridgehead atoms. The molecule has 1 heterocycles. The van der Waals surface area contributed by atoms with Crippen LogP contribution >= 0.6 is 34.5 Å². The van der Waals surface area contributed by atoms with E-state index in [4.69, 9.17) is 23.2 Å². The normalized spacial score (nSPS) is 12.7. The maximum atomic E-state index is 6.34. The molecule has 1 nitrogen and oxygen atoms in total. The van der Waals surface area contributed by atoms with Crippen molar-refractivity contribution in [2.24, 2.45) is 0 Å². The van der Waals surface area contributed by atoms with Crippen molar-refractivity contribution < 1.29 is 0 Å². The second kappa shape index (κ2) is 6.27. The van der Waals surface area contributed by atoms with Crippen LogP contribution in [0.3, 0.4) is 0 Å². The molecule has 0 aliphatic carbocycles. The minimum Gasteiger partial charge on any atom is -0.306 e. The summed E-state index contributed by atoms with van der Waals surface area (Å²) >= 11 is 14.3. The molecule has 0 aliphatic heterocycles. The van der Waals surface area contributed by atoms with Crippen LogP contribution in [-0.4, -0.2) is 6.54 Å². The monoisotopic (exact) mass is 313 g/mol. The maximum Gasteiger partial charge on any atom is 0.0688 e. The third-order valence-corrected chi connectivity index (χ3v) is 4.82. The van der Waals surface area contributed by atoms with Crippen LogP contribution in [0.5, 0.6) is 0 Å². The quantitative estimate of drug-likeness (QED) is 0.800. The standard InChI is InChI=1S/C15H17Cl2NS/c1-4-18-14(15-9(2)7-10(3)19-15)12-8-11(16)5-6-13(12)17/h5-8,14,18H,4H2,1-3H3. The van der Waals surface area contributed by atoms with Crippen molar-refractivity contribution in [3.63, 3.8) is 0 Å². The summed E-state index contributed by atoms with van der Waals surface area (Å²) in [7, 11) is 0. The van der Waals surface area contributed by atoms with Crippen molar-refractivity contribution >= 4 is 34.5 Å². The van der Waals surface area contributed by atoms with E-state index in [1.54, 1.807) is 0 Å². The zero-order valence-electron chi connectivity index (χ0n) is 11.3. The van der Waals surface area contributed by atoms with Gasteiger partial charge in [0, 0.05) is 19.8 Å². The van der Waals surface area contributed by atoms with E-state index < -0.39 is 0 Å². The van der Waals surface area contributed by atoms with Gasteiger partial charge < -0.3 is 5.32 Å². The summed E-state index contributed by atoms with van der Waals surface area (Å²) in [6, 6.07) is 7.95. The summed E-state index contributed by atoms with van der Waals surface area (Å²) in [5.74, 6) is 0. The van der Waals surface area contributed by atoms with E-state index in [-0.39, 0.29) is 6.04 Å². The van der Waals surface area contributed by atoms with Crippen LogP contribution in [0.1, 0.15) is 33.8 Å². The molecule has 1 aromatic heterocycles. The molecular formula is C15H17Cl2NS. The van der Waals surface area contributed by atoms with E-state index in [1.807, 2.05) is 29.5 Å². The Morgan fingerprint density at radius 3 is 2.53 bits per heavy atom. The summed E-state index contributed by atoms with van der Waals surface area (Å²) in [4.78, 5) is 2.62. The lowest BCUT2D eigenvalue weighted by molar-refractivity contribution is 0.637. The fraction of sp³-hybridized carbons (Fsp3) is 0.333. The number of hydrogen-bond donors (Lipinski definition) is 1. The van der Waals surface area contributed by atoms with Crippen molar-refractivity contribution in [3.8, 4) is 0 Å². The summed E-state index contributed by atoms with van der Waals surface area (Å²) < 4.78 is 0. The van der Waals surface area contributed by atoms with Gasteiger partial charge in [0.2, 0.25) is 0 Å². The summed E-state index contributed by atoms with van der Waals surface area (Å²) in [5.41, 5.74) is 2.34. The molecule has 1 unspecified atom stereocenters. The minimum absolute atomic E-state index is 0.106. The van der Waals surface area contributed by atoms with Crippen LogP contribution in [0.2, 0.25) is 10.0 Å². The zero-order valence-corrected chi connectivity index (χ0v) is 13.6. The lowest BCUT2D eigenvalue weighted by Crippen LogP contribution is -2.22. The molecule has 0 aliphatic rings. The van der Waals surface area contributed by atoms with Crippen molar-refractivity contribution in [2.75, 3.05) is 6.54 Å². The van der Waals surface area contributed by atoms with Crippen molar-refractivity contribution in [1.82, 2.24) is 5.32 Å². The van der Waals surface area contributed by atoms with Gasteiger partial charge in [0.05, 0.1) is 6.04 Å². The smallest absolute Gasteiger partial charge is 0.0688 e. The molecule has 0 fully saturated rings. The number of benzene rings is 1. The van der Waals surface area contributed by atoms with E-state index in [1.165, 1.54) is 15.3 Å². The molecular weight excluding hydrogens is 297 g/mol. The second-order valence-electron chi connectivity index (χ2n) is 4.56. The highest BCUT2D eigenvalue weighted by Crippen LogP contribution is 2.36. The summed E-state index contributed by atoms with van der Waals surface area (Å²) in [5, 5.41) is 4.97. The van der Waals surface area contributed by atoms with E-state index in [9.17, 15) is 0 Å². The average Bonchev–Trinajstić information content (AvgIpc) is 2.69. The first-order chi connectivity index (χ1) is 9.02. The second-order valence-corrected chi connectivity index (χ2v) is 6.69. The van der Waals surface area contributed by atoms with Crippen LogP contribution < -0.4 is 5.32 Å². The van der Waals surface area contributed by atoms with Crippen LogP contribution in [0, 0.1) is 13.8 Å². The Labute approximate surface area is 128 Å². The van der Waals surface area contributed by atoms with Crippen molar-refractivity contribution in [3.05, 3.63) is 55.2 Å². The van der Waals surface area contributed by atoms with E-state index in [2.05, 4.69) is 32.2 Å². The first kappa shape index (κ1) is 14.9. The van der Waals surface area contributed by atoms with Crippen LogP contribution in [0.15, 0.2) is 24.3 Å². The zero-order chi connectivity index (χ0) is 14.0. The fourth-order valence-electron chi connectivity index (χ4n) is 2.23. The number of halogens is 2. The molecule has 2 aromatic rings. The highest BCUT2D eigenvalue weighted by atomic mass is 35.5. The lowest BCUT2D eigenvalue weighted by atomic mass is 10.0. The Bertz CT molecular complexity index is 578. The molecule has 1 aromatic carbocycles. The van der Waals surface area contributed by atoms with Crippen molar-refractivity contribution in [1.29, 1.82) is 0 Å². The van der Waals surface area contributed by atoms with Gasteiger partial charge in [0.1, 0.15) is 0 Å². The van der Waals surface area contributed by atoms with Crippen molar-refractivity contribution in [2.45, 2.75) is 26.8 Å². The number of nitrogens with one attached hydrogen (secondary N) is 1. The predicted molar refractivity (Wildman–Crippen MR) is 85.8 cm³/mol. The van der Waals surface area contributed by atoms with Crippen LogP contribution in [0.4, 0.5) is 0 Å². The first-order valence-corrected chi connectivity index (χ1v) is 7.85. The molecule has 102 valence electrons. The predicted octanol–water partition coefficient (Wildman–Crippen LogP) is 5.37. The Morgan fingerprint density at radius 1 is 1.21 bits per heavy atom. The Hall–Kier alpha value is -0.540. The maximum absolute atomic E-state index is 6.34. The molecule has 0 saturated carbocycles. The van der Waals surface area contributed by atoms with E-state index in [0.29, 0.717) is 5.02 Å². The molecule has 0 spiro atoms. The number of rotatable bonds is 4. The Balaban J connectivity index is 2.51. The summed E-state index contributed by atoms with van der Waals surface area (Å²) in [6.07, 6.45) is 0. The largest absolute Gasteiger partial charge is 0.306 e. The third kappa shape index (κ3) is 3.32. The topological polar surface area (TPSA) is 12.0 Å². The molecule has 2 rings (SSSR count). The van der Waals surface area contributed by atoms with Gasteiger partial charge in [-0.2, -0.15) is 0 Å². The van der Waals surface area contributed by atoms with Gasteiger partial charge in [-0.05, 0) is 55.8 Å². The average molecular weight is 314 g/mol. The molecule has 0 radical (unpaired) electrons. The summed E-state index contributed by atoms with van der Waals surface area (Å²) in [6.45, 7) is 7.25. The highest BCUT2D eigenvalue weighted by molar-refractivity contribution is 7.12. The van der Waals surface area contributed by atoms with E-state index in [0.717, 1.165) is 17.1 Å². The van der Waals surface area contributed by atoms with Crippen LogP contribution in [-0.2, 0) is 0 Å². The van der Waals surface area contributed by atoms with Gasteiger partial charge in [-0.3, -0.25) is 0 Å². The fourth-order valence-corrected chi connectivity index (χ4v) is 3.77. The molecule has 0 amide bonds. The Kier molecular flexibility index (Phi) is 4.91. The van der Waals surface area contributed by atoms with Gasteiger partial charge in [-0.25, -0.2) is 0 Å². The molecule has 0 saturated heterocycles. The SMILES string of the molecule is CCNC(c1cc(Cl)ccc1Cl)c1sc(C)cc1C. The Morgan fingerprint density at radius 2 is 1.95 bits per heavy atom. The number of aryl methyl sites for hydroxylation is 2. The third-order valence-electron chi connectivity index (χ3n) is 3.02. The van der Waals surface area contributed by atoms with Gasteiger partial charge in [0.15, 0.2) is 0 Å². The van der Waals surface area contributed by atoms with Gasteiger partial charge in [-0.1, -0.05) is 30.1 Å². The lowest BCUT2D eigenvalue weighted by Gasteiger charge is -2.19. The number of hydrogen-bond acceptors (Lipinski definition) is 2. The van der Waals surface area contributed by atoms with Crippen LogP contribution in [0.25, 0.3) is 0 Å². The number of thiophene rings is 1. The van der Waals surface area contributed by atoms with Gasteiger partial charge >= 0.3 is 0 Å².